The molecule has 1 amide bonds. The van der Waals surface area contributed by atoms with Crippen molar-refractivity contribution in [3.05, 3.63) is 30.0 Å². The molecule has 0 atom stereocenters. The van der Waals surface area contributed by atoms with Crippen molar-refractivity contribution >= 4 is 17.4 Å². The molecule has 1 aromatic heterocycles. The number of nitrogen functional groups attached to an aromatic ring is 1. The summed E-state index contributed by atoms with van der Waals surface area (Å²) < 4.78 is 0. The molecule has 0 bridgehead atoms. The topological polar surface area (TPSA) is 80.0 Å². The molecule has 0 unspecified atom stereocenters. The maximum atomic E-state index is 11.3. The minimum atomic E-state index is -0.0674. The number of carbonyl (C=O) groups excluding carboxylic acids is 1. The van der Waals surface area contributed by atoms with Crippen LogP contribution in [-0.4, -0.2) is 24.0 Å². The van der Waals surface area contributed by atoms with Crippen molar-refractivity contribution in [2.75, 3.05) is 24.1 Å². The minimum absolute atomic E-state index is 0.0674. The van der Waals surface area contributed by atoms with Crippen LogP contribution in [0.1, 0.15) is 13.8 Å². The lowest BCUT2D eigenvalue weighted by molar-refractivity contribution is -0.116. The van der Waals surface area contributed by atoms with Gasteiger partial charge in [-0.1, -0.05) is 5.57 Å². The van der Waals surface area contributed by atoms with Crippen LogP contribution in [0.15, 0.2) is 30.0 Å². The van der Waals surface area contributed by atoms with Gasteiger partial charge < -0.3 is 16.4 Å². The van der Waals surface area contributed by atoms with Crippen LogP contribution in [0.5, 0.6) is 0 Å². The highest BCUT2D eigenvalue weighted by Gasteiger charge is 1.95. The Bertz CT molecular complexity index is 393. The fraction of sp³-hybridized carbons (Fsp3) is 0.333. The SMILES string of the molecule is CC(C)=CC(=O)NCCNc1ccc(N)nc1. The lowest BCUT2D eigenvalue weighted by atomic mass is 10.3. The molecule has 0 fully saturated rings. The molecular formula is C12H18N4O. The monoisotopic (exact) mass is 234 g/mol. The van der Waals surface area contributed by atoms with Gasteiger partial charge in [-0.3, -0.25) is 4.79 Å². The van der Waals surface area contributed by atoms with Gasteiger partial charge in [0.25, 0.3) is 0 Å². The van der Waals surface area contributed by atoms with Crippen molar-refractivity contribution in [2.24, 2.45) is 0 Å². The van der Waals surface area contributed by atoms with Gasteiger partial charge in [0.05, 0.1) is 11.9 Å². The number of nitrogens with two attached hydrogens (primary N) is 1. The van der Waals surface area contributed by atoms with Crippen molar-refractivity contribution in [1.82, 2.24) is 10.3 Å². The van der Waals surface area contributed by atoms with Crippen LogP contribution < -0.4 is 16.4 Å². The zero-order chi connectivity index (χ0) is 12.7. The first-order chi connectivity index (χ1) is 8.08. The lowest BCUT2D eigenvalue weighted by Gasteiger charge is -2.06. The second-order valence-electron chi connectivity index (χ2n) is 3.91. The Balaban J connectivity index is 2.22. The first kappa shape index (κ1) is 13.0. The fourth-order valence-electron chi connectivity index (χ4n) is 1.22. The summed E-state index contributed by atoms with van der Waals surface area (Å²) in [7, 11) is 0. The summed E-state index contributed by atoms with van der Waals surface area (Å²) in [5.74, 6) is 0.426. The van der Waals surface area contributed by atoms with Gasteiger partial charge in [-0.05, 0) is 26.0 Å². The molecule has 1 heterocycles. The average Bonchev–Trinajstić information content (AvgIpc) is 2.26. The van der Waals surface area contributed by atoms with Gasteiger partial charge in [-0.25, -0.2) is 4.98 Å². The molecule has 0 saturated heterocycles. The highest BCUT2D eigenvalue weighted by Crippen LogP contribution is 2.05. The molecule has 92 valence electrons. The van der Waals surface area contributed by atoms with Gasteiger partial charge in [0, 0.05) is 19.2 Å². The second-order valence-corrected chi connectivity index (χ2v) is 3.91. The number of hydrogen-bond acceptors (Lipinski definition) is 4. The third-order valence-electron chi connectivity index (χ3n) is 1.96. The largest absolute Gasteiger partial charge is 0.384 e. The van der Waals surface area contributed by atoms with Gasteiger partial charge in [0.1, 0.15) is 5.82 Å². The average molecular weight is 234 g/mol. The minimum Gasteiger partial charge on any atom is -0.384 e. The van der Waals surface area contributed by atoms with Crippen molar-refractivity contribution in [3.8, 4) is 0 Å². The standard InChI is InChI=1S/C12H18N4O/c1-9(2)7-12(17)15-6-5-14-10-3-4-11(13)16-8-10/h3-4,7-8,14H,5-6H2,1-2H3,(H2,13,16)(H,15,17). The van der Waals surface area contributed by atoms with Crippen molar-refractivity contribution in [3.63, 3.8) is 0 Å². The maximum Gasteiger partial charge on any atom is 0.243 e. The zero-order valence-electron chi connectivity index (χ0n) is 10.2. The molecule has 17 heavy (non-hydrogen) atoms. The van der Waals surface area contributed by atoms with E-state index in [9.17, 15) is 4.79 Å². The lowest BCUT2D eigenvalue weighted by Crippen LogP contribution is -2.27. The van der Waals surface area contributed by atoms with E-state index in [2.05, 4.69) is 15.6 Å². The van der Waals surface area contributed by atoms with E-state index in [4.69, 9.17) is 5.73 Å². The summed E-state index contributed by atoms with van der Waals surface area (Å²) in [4.78, 5) is 15.2. The predicted octanol–water partition coefficient (Wildman–Crippen LogP) is 1.16. The maximum absolute atomic E-state index is 11.3. The summed E-state index contributed by atoms with van der Waals surface area (Å²) in [5, 5.41) is 5.90. The number of amides is 1. The summed E-state index contributed by atoms with van der Waals surface area (Å²) in [5.41, 5.74) is 7.33. The van der Waals surface area contributed by atoms with E-state index >= 15 is 0 Å². The Morgan fingerprint density at radius 3 is 2.76 bits per heavy atom. The quantitative estimate of drug-likeness (QED) is 0.527. The number of carbonyl (C=O) groups is 1. The summed E-state index contributed by atoms with van der Waals surface area (Å²) in [6, 6.07) is 3.57. The molecule has 0 aliphatic heterocycles. The first-order valence-electron chi connectivity index (χ1n) is 5.46. The van der Waals surface area contributed by atoms with Crippen molar-refractivity contribution in [1.29, 1.82) is 0 Å². The van der Waals surface area contributed by atoms with Gasteiger partial charge in [-0.15, -0.1) is 0 Å². The van der Waals surface area contributed by atoms with E-state index < -0.39 is 0 Å². The van der Waals surface area contributed by atoms with Crippen LogP contribution in [-0.2, 0) is 4.79 Å². The molecule has 5 nitrogen and oxygen atoms in total. The second kappa shape index (κ2) is 6.52. The number of hydrogen-bond donors (Lipinski definition) is 3. The van der Waals surface area contributed by atoms with E-state index in [-0.39, 0.29) is 5.91 Å². The van der Waals surface area contributed by atoms with Gasteiger partial charge in [0.2, 0.25) is 5.91 Å². The highest BCUT2D eigenvalue weighted by atomic mass is 16.1. The van der Waals surface area contributed by atoms with Gasteiger partial charge in [0.15, 0.2) is 0 Å². The summed E-state index contributed by atoms with van der Waals surface area (Å²) >= 11 is 0. The number of allylic oxidation sites excluding steroid dienone is 1. The number of aromatic nitrogens is 1. The molecule has 0 aliphatic rings. The van der Waals surface area contributed by atoms with Crippen LogP contribution in [0.4, 0.5) is 11.5 Å². The van der Waals surface area contributed by atoms with E-state index in [0.29, 0.717) is 18.9 Å². The molecule has 5 heteroatoms. The normalized spacial score (nSPS) is 9.53. The van der Waals surface area contributed by atoms with Crippen LogP contribution in [0, 0.1) is 0 Å². The van der Waals surface area contributed by atoms with Crippen molar-refractivity contribution < 1.29 is 4.79 Å². The zero-order valence-corrected chi connectivity index (χ0v) is 10.2. The summed E-state index contributed by atoms with van der Waals surface area (Å²) in [6.45, 7) is 4.98. The third kappa shape index (κ3) is 5.55. The Hall–Kier alpha value is -2.04. The number of pyridine rings is 1. The van der Waals surface area contributed by atoms with Gasteiger partial charge >= 0.3 is 0 Å². The Morgan fingerprint density at radius 1 is 1.41 bits per heavy atom. The summed E-state index contributed by atoms with van der Waals surface area (Å²) in [6.07, 6.45) is 3.23. The first-order valence-corrected chi connectivity index (χ1v) is 5.46. The Labute approximate surface area is 101 Å². The molecule has 1 rings (SSSR count). The van der Waals surface area contributed by atoms with E-state index in [0.717, 1.165) is 11.3 Å². The van der Waals surface area contributed by atoms with Gasteiger partial charge in [-0.2, -0.15) is 0 Å². The Kier molecular flexibility index (Phi) is 5.00. The van der Waals surface area contributed by atoms with Crippen LogP contribution in [0.3, 0.4) is 0 Å². The van der Waals surface area contributed by atoms with E-state index in [1.54, 1.807) is 18.3 Å². The fourth-order valence-corrected chi connectivity index (χ4v) is 1.22. The molecular weight excluding hydrogens is 216 g/mol. The Morgan fingerprint density at radius 2 is 2.18 bits per heavy atom. The molecule has 0 spiro atoms. The van der Waals surface area contributed by atoms with Crippen LogP contribution in [0.2, 0.25) is 0 Å². The van der Waals surface area contributed by atoms with Crippen LogP contribution >= 0.6 is 0 Å². The smallest absolute Gasteiger partial charge is 0.243 e. The van der Waals surface area contributed by atoms with Crippen molar-refractivity contribution in [2.45, 2.75) is 13.8 Å². The van der Waals surface area contributed by atoms with Crippen LogP contribution in [0.25, 0.3) is 0 Å². The third-order valence-corrected chi connectivity index (χ3v) is 1.96. The molecule has 0 radical (unpaired) electrons. The number of nitrogens with one attached hydrogen (secondary N) is 2. The molecule has 0 saturated carbocycles. The number of anilines is 2. The highest BCUT2D eigenvalue weighted by molar-refractivity contribution is 5.88. The predicted molar refractivity (Wildman–Crippen MR) is 69.6 cm³/mol. The molecule has 1 aromatic rings. The number of rotatable bonds is 5. The van der Waals surface area contributed by atoms with E-state index in [1.807, 2.05) is 19.9 Å². The molecule has 0 aromatic carbocycles. The number of nitrogens with zero attached hydrogens (tertiary/aromatic N) is 1. The molecule has 0 aliphatic carbocycles. The van der Waals surface area contributed by atoms with E-state index in [1.165, 1.54) is 0 Å². The molecule has 4 N–H and O–H groups in total.